The molecule has 0 spiro atoms. The van der Waals surface area contributed by atoms with Gasteiger partial charge >= 0.3 is 0 Å². The lowest BCUT2D eigenvalue weighted by Gasteiger charge is -2.41. The van der Waals surface area contributed by atoms with Gasteiger partial charge in [-0.3, -0.25) is 19.3 Å². The zero-order valence-electron chi connectivity index (χ0n) is 20.0. The molecule has 1 N–H and O–H groups in total. The Kier molecular flexibility index (Phi) is 8.05. The molecule has 32 heavy (non-hydrogen) atoms. The third-order valence-electron chi connectivity index (χ3n) is 5.72. The summed E-state index contributed by atoms with van der Waals surface area (Å²) in [6, 6.07) is 6.34. The number of nitrogens with zero attached hydrogens (tertiary/aromatic N) is 2. The molecule has 7 heteroatoms. The van der Waals surface area contributed by atoms with Crippen LogP contribution in [0, 0.1) is 0 Å². The molecule has 1 unspecified atom stereocenters. The quantitative estimate of drug-likeness (QED) is 0.447. The summed E-state index contributed by atoms with van der Waals surface area (Å²) < 4.78 is 5.95. The van der Waals surface area contributed by atoms with Crippen LogP contribution in [0.25, 0.3) is 0 Å². The molecule has 0 saturated heterocycles. The molecule has 1 aliphatic rings. The van der Waals surface area contributed by atoms with E-state index in [-0.39, 0.29) is 17.4 Å². The van der Waals surface area contributed by atoms with Gasteiger partial charge in [0.05, 0.1) is 5.60 Å². The van der Waals surface area contributed by atoms with E-state index in [9.17, 15) is 14.4 Å². The van der Waals surface area contributed by atoms with Crippen molar-refractivity contribution in [2.45, 2.75) is 71.2 Å². The van der Waals surface area contributed by atoms with Gasteiger partial charge in [-0.1, -0.05) is 18.7 Å². The highest BCUT2D eigenvalue weighted by atomic mass is 16.5. The number of anilines is 1. The minimum absolute atomic E-state index is 0.0645. The molecule has 7 nitrogen and oxygen atoms in total. The molecule has 174 valence electrons. The van der Waals surface area contributed by atoms with E-state index in [0.29, 0.717) is 18.8 Å². The molecule has 1 aliphatic carbocycles. The number of amides is 3. The highest BCUT2D eigenvalue weighted by Gasteiger charge is 2.47. The van der Waals surface area contributed by atoms with Crippen LogP contribution in [0.4, 0.5) is 5.69 Å². The van der Waals surface area contributed by atoms with E-state index >= 15 is 0 Å². The lowest BCUT2D eigenvalue weighted by atomic mass is 9.94. The highest BCUT2D eigenvalue weighted by Crippen LogP contribution is 2.36. The smallest absolute Gasteiger partial charge is 0.259 e. The number of hydrogen-bond acceptors (Lipinski definition) is 4. The van der Waals surface area contributed by atoms with Crippen LogP contribution in [-0.4, -0.2) is 53.5 Å². The van der Waals surface area contributed by atoms with Gasteiger partial charge in [0.2, 0.25) is 11.8 Å². The Labute approximate surface area is 191 Å². The molecule has 0 aliphatic heterocycles. The van der Waals surface area contributed by atoms with E-state index in [1.807, 2.05) is 26.0 Å². The Morgan fingerprint density at radius 1 is 1.34 bits per heavy atom. The third-order valence-corrected chi connectivity index (χ3v) is 5.72. The Morgan fingerprint density at radius 3 is 2.53 bits per heavy atom. The molecular weight excluding hydrogens is 406 g/mol. The average molecular weight is 442 g/mol. The number of nitrogens with one attached hydrogen (secondary N) is 1. The van der Waals surface area contributed by atoms with Crippen molar-refractivity contribution in [3.63, 3.8) is 0 Å². The third kappa shape index (κ3) is 6.31. The maximum Gasteiger partial charge on any atom is 0.259 e. The molecule has 0 aromatic heterocycles. The number of benzene rings is 1. The van der Waals surface area contributed by atoms with Gasteiger partial charge in [-0.05, 0) is 58.2 Å². The van der Waals surface area contributed by atoms with E-state index in [4.69, 9.17) is 4.74 Å². The summed E-state index contributed by atoms with van der Waals surface area (Å²) in [5, 5.41) is 3.09. The fraction of sp³-hybridized carbons (Fsp3) is 0.520. The first kappa shape index (κ1) is 25.4. The second kappa shape index (κ2) is 10.2. The van der Waals surface area contributed by atoms with E-state index < -0.39 is 17.6 Å². The van der Waals surface area contributed by atoms with Gasteiger partial charge in [0.25, 0.3) is 5.91 Å². The van der Waals surface area contributed by atoms with E-state index in [1.165, 1.54) is 17.9 Å². The first-order valence-corrected chi connectivity index (χ1v) is 10.9. The van der Waals surface area contributed by atoms with Crippen molar-refractivity contribution in [3.05, 3.63) is 48.2 Å². The van der Waals surface area contributed by atoms with Crippen LogP contribution in [0.15, 0.2) is 42.7 Å². The lowest BCUT2D eigenvalue weighted by Crippen LogP contribution is -2.62. The van der Waals surface area contributed by atoms with Gasteiger partial charge in [0.1, 0.15) is 6.04 Å². The summed E-state index contributed by atoms with van der Waals surface area (Å²) in [7, 11) is 1.71. The molecule has 0 bridgehead atoms. The van der Waals surface area contributed by atoms with Crippen LogP contribution in [0.3, 0.4) is 0 Å². The van der Waals surface area contributed by atoms with Crippen LogP contribution in [-0.2, 0) is 25.7 Å². The largest absolute Gasteiger partial charge is 0.373 e. The maximum atomic E-state index is 13.5. The van der Waals surface area contributed by atoms with Crippen LogP contribution < -0.4 is 10.2 Å². The van der Waals surface area contributed by atoms with Crippen molar-refractivity contribution in [1.82, 2.24) is 10.2 Å². The molecule has 2 rings (SSSR count). The predicted octanol–water partition coefficient (Wildman–Crippen LogP) is 3.19. The zero-order valence-corrected chi connectivity index (χ0v) is 20.0. The van der Waals surface area contributed by atoms with Gasteiger partial charge < -0.3 is 15.0 Å². The molecule has 1 atom stereocenters. The first-order chi connectivity index (χ1) is 14.9. The summed E-state index contributed by atoms with van der Waals surface area (Å²) in [4.78, 5) is 41.4. The Hall–Kier alpha value is -2.89. The van der Waals surface area contributed by atoms with Crippen molar-refractivity contribution in [3.8, 4) is 0 Å². The van der Waals surface area contributed by atoms with Crippen LogP contribution in [0.1, 0.15) is 53.0 Å². The maximum absolute atomic E-state index is 13.5. The SMILES string of the molecule is C=C=CC(=O)N(c1cccc(CN(C)C(C)=O)c1)C(C(=O)NC1(C)CC1)C(C)(C)OCC. The molecular formula is C25H35N3O4. The van der Waals surface area contributed by atoms with E-state index in [2.05, 4.69) is 17.6 Å². The molecule has 1 aromatic rings. The van der Waals surface area contributed by atoms with Crippen molar-refractivity contribution < 1.29 is 19.1 Å². The fourth-order valence-electron chi connectivity index (χ4n) is 3.62. The van der Waals surface area contributed by atoms with Gasteiger partial charge in [-0.15, -0.1) is 5.73 Å². The second-order valence-corrected chi connectivity index (χ2v) is 9.09. The zero-order chi connectivity index (χ0) is 24.1. The Balaban J connectivity index is 2.56. The lowest BCUT2D eigenvalue weighted by molar-refractivity contribution is -0.134. The van der Waals surface area contributed by atoms with Crippen molar-refractivity contribution in [2.24, 2.45) is 0 Å². The number of carbonyl (C=O) groups is 3. The van der Waals surface area contributed by atoms with E-state index in [1.54, 1.807) is 37.9 Å². The molecule has 0 radical (unpaired) electrons. The molecule has 1 saturated carbocycles. The summed E-state index contributed by atoms with van der Waals surface area (Å²) in [6.07, 6.45) is 3.01. The summed E-state index contributed by atoms with van der Waals surface area (Å²) in [6.45, 7) is 13.2. The van der Waals surface area contributed by atoms with Crippen LogP contribution in [0.2, 0.25) is 0 Å². The summed E-state index contributed by atoms with van der Waals surface area (Å²) in [5.74, 6) is -0.767. The van der Waals surface area contributed by atoms with Crippen LogP contribution in [0.5, 0.6) is 0 Å². The molecule has 0 heterocycles. The monoisotopic (exact) mass is 441 g/mol. The number of rotatable bonds is 10. The second-order valence-electron chi connectivity index (χ2n) is 9.09. The highest BCUT2D eigenvalue weighted by molar-refractivity contribution is 6.07. The summed E-state index contributed by atoms with van der Waals surface area (Å²) in [5.41, 5.74) is 2.67. The van der Waals surface area contributed by atoms with Gasteiger partial charge in [-0.25, -0.2) is 0 Å². The number of hydrogen-bond donors (Lipinski definition) is 1. The minimum atomic E-state index is -0.971. The summed E-state index contributed by atoms with van der Waals surface area (Å²) >= 11 is 0. The van der Waals surface area contributed by atoms with E-state index in [0.717, 1.165) is 18.4 Å². The first-order valence-electron chi connectivity index (χ1n) is 10.9. The van der Waals surface area contributed by atoms with Gasteiger partial charge in [0.15, 0.2) is 0 Å². The van der Waals surface area contributed by atoms with Crippen molar-refractivity contribution >= 4 is 23.4 Å². The molecule has 1 aromatic carbocycles. The predicted molar refractivity (Wildman–Crippen MR) is 125 cm³/mol. The standard InChI is InChI=1S/C25H35N3O4/c1-8-11-21(30)28(20-13-10-12-19(16-20)17-27(7)18(3)29)22(24(4,5)32-9-2)23(31)26-25(6)14-15-25/h10-13,16,22H,1,9,14-15,17H2,2-7H3,(H,26,31). The number of ether oxygens (including phenoxy) is 1. The number of carbonyl (C=O) groups excluding carboxylic acids is 3. The molecule has 3 amide bonds. The Bertz CT molecular complexity index is 914. The topological polar surface area (TPSA) is 79.0 Å². The van der Waals surface area contributed by atoms with Crippen LogP contribution >= 0.6 is 0 Å². The van der Waals surface area contributed by atoms with Gasteiger partial charge in [-0.2, -0.15) is 0 Å². The van der Waals surface area contributed by atoms with Crippen molar-refractivity contribution in [1.29, 1.82) is 0 Å². The normalized spacial score (nSPS) is 15.2. The fourth-order valence-corrected chi connectivity index (χ4v) is 3.62. The minimum Gasteiger partial charge on any atom is -0.373 e. The molecule has 1 fully saturated rings. The van der Waals surface area contributed by atoms with Gasteiger partial charge in [0, 0.05) is 44.4 Å². The van der Waals surface area contributed by atoms with Crippen molar-refractivity contribution in [2.75, 3.05) is 18.6 Å². The average Bonchev–Trinajstić information content (AvgIpc) is 3.42. The Morgan fingerprint density at radius 2 is 2.00 bits per heavy atom.